The number of methoxy groups -OCH3 is 1. The van der Waals surface area contributed by atoms with Crippen molar-refractivity contribution in [2.24, 2.45) is 0 Å². The zero-order valence-electron chi connectivity index (χ0n) is 12.4. The summed E-state index contributed by atoms with van der Waals surface area (Å²) < 4.78 is 10.1. The molecular formula is C14H22N2O5. The van der Waals surface area contributed by atoms with Crippen molar-refractivity contribution in [1.82, 2.24) is 10.2 Å². The Morgan fingerprint density at radius 1 is 1.52 bits per heavy atom. The predicted octanol–water partition coefficient (Wildman–Crippen LogP) is 1.69. The van der Waals surface area contributed by atoms with Gasteiger partial charge in [-0.25, -0.2) is 9.59 Å². The van der Waals surface area contributed by atoms with Gasteiger partial charge in [0.25, 0.3) is 0 Å². The number of furan rings is 1. The van der Waals surface area contributed by atoms with Crippen molar-refractivity contribution in [2.45, 2.75) is 32.4 Å². The molecule has 2 amide bonds. The quantitative estimate of drug-likeness (QED) is 0.677. The van der Waals surface area contributed by atoms with E-state index in [0.29, 0.717) is 38.3 Å². The van der Waals surface area contributed by atoms with Crippen molar-refractivity contribution in [2.75, 3.05) is 20.3 Å². The molecule has 0 fully saturated rings. The second-order valence-electron chi connectivity index (χ2n) is 4.57. The summed E-state index contributed by atoms with van der Waals surface area (Å²) in [6.45, 7) is 3.05. The summed E-state index contributed by atoms with van der Waals surface area (Å²) in [6, 6.07) is 2.17. The molecule has 0 radical (unpaired) electrons. The van der Waals surface area contributed by atoms with Crippen LogP contribution in [0.1, 0.15) is 25.5 Å². The molecule has 0 aromatic carbocycles. The largest absolute Gasteiger partial charge is 0.480 e. The van der Waals surface area contributed by atoms with Crippen LogP contribution in [-0.4, -0.2) is 48.3 Å². The van der Waals surface area contributed by atoms with Crippen LogP contribution >= 0.6 is 0 Å². The van der Waals surface area contributed by atoms with Gasteiger partial charge in [0.1, 0.15) is 11.8 Å². The number of hydrogen-bond donors (Lipinski definition) is 2. The number of ether oxygens (including phenoxy) is 1. The highest BCUT2D eigenvalue weighted by atomic mass is 16.5. The fourth-order valence-corrected chi connectivity index (χ4v) is 1.85. The van der Waals surface area contributed by atoms with E-state index in [1.165, 1.54) is 11.2 Å². The molecule has 1 rings (SSSR count). The number of nitrogens with zero attached hydrogens (tertiary/aromatic N) is 1. The van der Waals surface area contributed by atoms with Crippen LogP contribution in [0.25, 0.3) is 0 Å². The molecule has 0 aliphatic carbocycles. The number of carbonyl (C=O) groups excluding carboxylic acids is 1. The number of nitrogens with one attached hydrogen (secondary N) is 1. The molecule has 7 heteroatoms. The third-order valence-electron chi connectivity index (χ3n) is 3.03. The maximum absolute atomic E-state index is 12.1. The molecule has 1 heterocycles. The molecule has 1 unspecified atom stereocenters. The van der Waals surface area contributed by atoms with Gasteiger partial charge in [-0.1, -0.05) is 0 Å². The number of rotatable bonds is 9. The standard InChI is InChI=1S/C14H22N2O5/c1-3-16(10-11-6-4-9-21-11)14(19)15-12(13(17)18)7-5-8-20-2/h4,6,9,12H,3,5,7-8,10H2,1-2H3,(H,15,19)(H,17,18). The van der Waals surface area contributed by atoms with Crippen molar-refractivity contribution in [3.05, 3.63) is 24.2 Å². The maximum Gasteiger partial charge on any atom is 0.326 e. The van der Waals surface area contributed by atoms with Gasteiger partial charge in [-0.15, -0.1) is 0 Å². The van der Waals surface area contributed by atoms with Gasteiger partial charge in [0, 0.05) is 20.3 Å². The van der Waals surface area contributed by atoms with E-state index in [1.54, 1.807) is 19.2 Å². The summed E-state index contributed by atoms with van der Waals surface area (Å²) in [5.74, 6) is -0.397. The Morgan fingerprint density at radius 2 is 2.29 bits per heavy atom. The minimum Gasteiger partial charge on any atom is -0.480 e. The van der Waals surface area contributed by atoms with Crippen LogP contribution < -0.4 is 5.32 Å². The molecule has 7 nitrogen and oxygen atoms in total. The first-order valence-electron chi connectivity index (χ1n) is 6.88. The van der Waals surface area contributed by atoms with E-state index in [9.17, 15) is 9.59 Å². The van der Waals surface area contributed by atoms with Gasteiger partial charge in [0.15, 0.2) is 0 Å². The lowest BCUT2D eigenvalue weighted by Crippen LogP contribution is -2.47. The number of aliphatic carboxylic acids is 1. The van der Waals surface area contributed by atoms with Gasteiger partial charge in [-0.3, -0.25) is 0 Å². The van der Waals surface area contributed by atoms with Crippen molar-refractivity contribution in [1.29, 1.82) is 0 Å². The van der Waals surface area contributed by atoms with Gasteiger partial charge < -0.3 is 24.5 Å². The SMILES string of the molecule is CCN(Cc1ccco1)C(=O)NC(CCCOC)C(=O)O. The first kappa shape index (κ1) is 17.0. The highest BCUT2D eigenvalue weighted by molar-refractivity contribution is 5.82. The van der Waals surface area contributed by atoms with E-state index < -0.39 is 18.0 Å². The van der Waals surface area contributed by atoms with Crippen LogP contribution in [0.2, 0.25) is 0 Å². The molecule has 0 spiro atoms. The molecule has 1 aromatic rings. The smallest absolute Gasteiger partial charge is 0.326 e. The number of hydrogen-bond acceptors (Lipinski definition) is 4. The summed E-state index contributed by atoms with van der Waals surface area (Å²) in [7, 11) is 1.55. The maximum atomic E-state index is 12.1. The summed E-state index contributed by atoms with van der Waals surface area (Å²) in [4.78, 5) is 24.8. The molecule has 0 saturated heterocycles. The lowest BCUT2D eigenvalue weighted by molar-refractivity contribution is -0.139. The van der Waals surface area contributed by atoms with Gasteiger partial charge >= 0.3 is 12.0 Å². The lowest BCUT2D eigenvalue weighted by atomic mass is 10.1. The van der Waals surface area contributed by atoms with E-state index in [0.717, 1.165) is 0 Å². The van der Waals surface area contributed by atoms with Crippen molar-refractivity contribution >= 4 is 12.0 Å². The van der Waals surface area contributed by atoms with Crippen LogP contribution in [0.5, 0.6) is 0 Å². The van der Waals surface area contributed by atoms with Crippen LogP contribution in [0.15, 0.2) is 22.8 Å². The molecule has 118 valence electrons. The molecule has 0 saturated carbocycles. The van der Waals surface area contributed by atoms with Crippen LogP contribution in [0.4, 0.5) is 4.79 Å². The fraction of sp³-hybridized carbons (Fsp3) is 0.571. The molecule has 0 aliphatic rings. The number of urea groups is 1. The Balaban J connectivity index is 2.55. The third kappa shape index (κ3) is 5.86. The summed E-state index contributed by atoms with van der Waals surface area (Å²) >= 11 is 0. The molecule has 21 heavy (non-hydrogen) atoms. The topological polar surface area (TPSA) is 92.0 Å². The molecule has 0 bridgehead atoms. The Kier molecular flexibility index (Phi) is 7.31. The van der Waals surface area contributed by atoms with Gasteiger partial charge in [0.05, 0.1) is 12.8 Å². The van der Waals surface area contributed by atoms with E-state index in [4.69, 9.17) is 14.3 Å². The number of carbonyl (C=O) groups is 2. The van der Waals surface area contributed by atoms with Crippen molar-refractivity contribution in [3.8, 4) is 0 Å². The fourth-order valence-electron chi connectivity index (χ4n) is 1.85. The monoisotopic (exact) mass is 298 g/mol. The molecule has 1 aromatic heterocycles. The Morgan fingerprint density at radius 3 is 2.81 bits per heavy atom. The zero-order chi connectivity index (χ0) is 15.7. The van der Waals surface area contributed by atoms with Crippen LogP contribution in [-0.2, 0) is 16.1 Å². The minimum atomic E-state index is -1.05. The van der Waals surface area contributed by atoms with Crippen LogP contribution in [0, 0.1) is 0 Å². The van der Waals surface area contributed by atoms with Crippen molar-refractivity contribution in [3.63, 3.8) is 0 Å². The Labute approximate surface area is 123 Å². The zero-order valence-corrected chi connectivity index (χ0v) is 12.4. The summed E-state index contributed by atoms with van der Waals surface area (Å²) in [6.07, 6.45) is 2.43. The normalized spacial score (nSPS) is 11.9. The molecule has 1 atom stereocenters. The number of carboxylic acids is 1. The van der Waals surface area contributed by atoms with Crippen LogP contribution in [0.3, 0.4) is 0 Å². The number of amides is 2. The average molecular weight is 298 g/mol. The lowest BCUT2D eigenvalue weighted by Gasteiger charge is -2.23. The van der Waals surface area contributed by atoms with E-state index >= 15 is 0 Å². The summed E-state index contributed by atoms with van der Waals surface area (Å²) in [5, 5.41) is 11.7. The van der Waals surface area contributed by atoms with E-state index in [2.05, 4.69) is 5.32 Å². The van der Waals surface area contributed by atoms with Gasteiger partial charge in [0.2, 0.25) is 0 Å². The molecule has 0 aliphatic heterocycles. The van der Waals surface area contributed by atoms with Gasteiger partial charge in [-0.05, 0) is 31.9 Å². The third-order valence-corrected chi connectivity index (χ3v) is 3.03. The highest BCUT2D eigenvalue weighted by Gasteiger charge is 2.22. The second-order valence-corrected chi connectivity index (χ2v) is 4.57. The molecular weight excluding hydrogens is 276 g/mol. The Hall–Kier alpha value is -2.02. The average Bonchev–Trinajstić information content (AvgIpc) is 2.96. The first-order valence-corrected chi connectivity index (χ1v) is 6.88. The van der Waals surface area contributed by atoms with E-state index in [-0.39, 0.29) is 0 Å². The van der Waals surface area contributed by atoms with Gasteiger partial charge in [-0.2, -0.15) is 0 Å². The minimum absolute atomic E-state index is 0.305. The van der Waals surface area contributed by atoms with E-state index in [1.807, 2.05) is 6.92 Å². The van der Waals surface area contributed by atoms with Crippen molar-refractivity contribution < 1.29 is 23.8 Å². The Bertz CT molecular complexity index is 433. The summed E-state index contributed by atoms with van der Waals surface area (Å²) in [5.41, 5.74) is 0. The highest BCUT2D eigenvalue weighted by Crippen LogP contribution is 2.06. The molecule has 2 N–H and O–H groups in total. The first-order chi connectivity index (χ1) is 10.1. The second kappa shape index (κ2) is 9.02. The predicted molar refractivity (Wildman–Crippen MR) is 75.9 cm³/mol. The number of carboxylic acid groups (broad SMARTS) is 1.